The molecule has 2 saturated carbocycles. The van der Waals surface area contributed by atoms with Gasteiger partial charge in [0.1, 0.15) is 24.0 Å². The van der Waals surface area contributed by atoms with Crippen LogP contribution in [0.2, 0.25) is 5.02 Å². The van der Waals surface area contributed by atoms with E-state index in [0.29, 0.717) is 46.0 Å². The predicted octanol–water partition coefficient (Wildman–Crippen LogP) is 6.18. The predicted molar refractivity (Wildman–Crippen MR) is 228 cm³/mol. The molecule has 13 heteroatoms. The maximum Gasteiger partial charge on any atom is 0.262 e. The summed E-state index contributed by atoms with van der Waals surface area (Å²) in [6, 6.07) is 18.0. The van der Waals surface area contributed by atoms with Gasteiger partial charge < -0.3 is 14.5 Å². The van der Waals surface area contributed by atoms with E-state index in [1.807, 2.05) is 23.1 Å². The van der Waals surface area contributed by atoms with Crippen LogP contribution in [-0.2, 0) is 16.1 Å². The summed E-state index contributed by atoms with van der Waals surface area (Å²) >= 11 is 6.30. The molecular formula is C48H49ClN6O6. The normalized spacial score (nSPS) is 26.8. The number of hydrogen-bond donors (Lipinski definition) is 1. The summed E-state index contributed by atoms with van der Waals surface area (Å²) in [6.07, 6.45) is 4.27. The van der Waals surface area contributed by atoms with Crippen molar-refractivity contribution in [3.8, 4) is 23.7 Å². The number of amides is 5. The van der Waals surface area contributed by atoms with Gasteiger partial charge in [0.25, 0.3) is 17.7 Å². The lowest BCUT2D eigenvalue weighted by Crippen LogP contribution is -2.74. The number of halogens is 1. The van der Waals surface area contributed by atoms with Gasteiger partial charge >= 0.3 is 0 Å². The van der Waals surface area contributed by atoms with E-state index in [4.69, 9.17) is 16.3 Å². The number of anilines is 1. The van der Waals surface area contributed by atoms with E-state index in [1.165, 1.54) is 0 Å². The Morgan fingerprint density at radius 2 is 1.49 bits per heavy atom. The molecule has 2 aliphatic carbocycles. The molecule has 4 fully saturated rings. The second kappa shape index (κ2) is 15.3. The van der Waals surface area contributed by atoms with Crippen LogP contribution in [0.25, 0.3) is 0 Å². The van der Waals surface area contributed by atoms with Gasteiger partial charge in [0.15, 0.2) is 0 Å². The van der Waals surface area contributed by atoms with Gasteiger partial charge in [-0.3, -0.25) is 39.1 Å². The molecule has 0 aromatic heterocycles. The summed E-state index contributed by atoms with van der Waals surface area (Å²) in [4.78, 5) is 72.3. The molecule has 9 rings (SSSR count). The average Bonchev–Trinajstić information content (AvgIpc) is 3.68. The first-order chi connectivity index (χ1) is 29.1. The Labute approximate surface area is 361 Å². The number of nitrogens with one attached hydrogen (secondary N) is 1. The van der Waals surface area contributed by atoms with Crippen LogP contribution < -0.4 is 15.0 Å². The minimum atomic E-state index is -0.977. The molecule has 5 amide bonds. The number of ether oxygens (including phenoxy) is 1. The molecule has 1 unspecified atom stereocenters. The molecule has 3 aromatic rings. The van der Waals surface area contributed by atoms with Gasteiger partial charge in [-0.05, 0) is 86.2 Å². The number of fused-ring (bicyclic) bond motifs is 2. The summed E-state index contributed by atoms with van der Waals surface area (Å²) in [7, 11) is 0. The van der Waals surface area contributed by atoms with Gasteiger partial charge in [-0.15, -0.1) is 0 Å². The highest BCUT2D eigenvalue weighted by Crippen LogP contribution is 2.59. The number of piperazine rings is 1. The lowest BCUT2D eigenvalue weighted by atomic mass is 9.49. The van der Waals surface area contributed by atoms with E-state index in [2.05, 4.69) is 66.8 Å². The van der Waals surface area contributed by atoms with E-state index in [0.717, 1.165) is 79.1 Å². The lowest BCUT2D eigenvalue weighted by molar-refractivity contribution is -0.199. The molecule has 3 aromatic carbocycles. The van der Waals surface area contributed by atoms with E-state index < -0.39 is 29.7 Å². The molecular weight excluding hydrogens is 792 g/mol. The van der Waals surface area contributed by atoms with E-state index in [9.17, 15) is 29.2 Å². The fourth-order valence-corrected chi connectivity index (χ4v) is 11.6. The van der Waals surface area contributed by atoms with Crippen molar-refractivity contribution >= 4 is 46.8 Å². The highest BCUT2D eigenvalue weighted by Gasteiger charge is 2.67. The van der Waals surface area contributed by atoms with Crippen LogP contribution in [0.1, 0.15) is 114 Å². The van der Waals surface area contributed by atoms with Gasteiger partial charge in [0, 0.05) is 90.9 Å². The number of carbonyl (C=O) groups is 5. The topological polar surface area (TPSA) is 143 Å². The molecule has 314 valence electrons. The Morgan fingerprint density at radius 1 is 0.787 bits per heavy atom. The summed E-state index contributed by atoms with van der Waals surface area (Å²) in [5, 5.41) is 11.9. The van der Waals surface area contributed by atoms with Crippen LogP contribution in [0.4, 0.5) is 5.69 Å². The minimum absolute atomic E-state index is 0.0388. The summed E-state index contributed by atoms with van der Waals surface area (Å²) < 4.78 is 6.48. The molecule has 0 radical (unpaired) electrons. The van der Waals surface area contributed by atoms with Crippen LogP contribution in [0.15, 0.2) is 54.6 Å². The average molecular weight is 841 g/mol. The Kier molecular flexibility index (Phi) is 10.2. The van der Waals surface area contributed by atoms with Crippen molar-refractivity contribution < 1.29 is 28.7 Å². The van der Waals surface area contributed by atoms with Crippen molar-refractivity contribution in [3.05, 3.63) is 93.0 Å². The van der Waals surface area contributed by atoms with Crippen molar-refractivity contribution in [3.63, 3.8) is 0 Å². The second-order valence-corrected chi connectivity index (χ2v) is 19.0. The van der Waals surface area contributed by atoms with Crippen LogP contribution in [0.5, 0.6) is 5.75 Å². The van der Waals surface area contributed by atoms with E-state index in [-0.39, 0.29) is 41.7 Å². The number of nitrogens with zero attached hydrogens (tertiary/aromatic N) is 5. The first-order valence-corrected chi connectivity index (χ1v) is 21.7. The van der Waals surface area contributed by atoms with Crippen LogP contribution >= 0.6 is 11.6 Å². The Morgan fingerprint density at radius 3 is 2.18 bits per heavy atom. The first kappa shape index (κ1) is 40.7. The van der Waals surface area contributed by atoms with Crippen molar-refractivity contribution in [2.75, 3.05) is 31.1 Å². The van der Waals surface area contributed by atoms with Crippen molar-refractivity contribution in [2.45, 2.75) is 97.0 Å². The summed E-state index contributed by atoms with van der Waals surface area (Å²) in [5.41, 5.74) is 3.87. The van der Waals surface area contributed by atoms with Crippen LogP contribution in [0, 0.1) is 39.9 Å². The van der Waals surface area contributed by atoms with Crippen molar-refractivity contribution in [1.82, 2.24) is 20.0 Å². The van der Waals surface area contributed by atoms with Gasteiger partial charge in [-0.1, -0.05) is 51.1 Å². The maximum atomic E-state index is 13.8. The smallest absolute Gasteiger partial charge is 0.262 e. The highest BCUT2D eigenvalue weighted by molar-refractivity contribution is 6.31. The van der Waals surface area contributed by atoms with Crippen molar-refractivity contribution in [2.24, 2.45) is 16.7 Å². The molecule has 4 aliphatic heterocycles. The minimum Gasteiger partial charge on any atom is -0.489 e. The molecule has 6 aliphatic rings. The quantitative estimate of drug-likeness (QED) is 0.227. The highest BCUT2D eigenvalue weighted by atomic mass is 35.5. The third-order valence-corrected chi connectivity index (χ3v) is 14.4. The Bertz CT molecular complexity index is 2470. The van der Waals surface area contributed by atoms with Gasteiger partial charge in [-0.2, -0.15) is 5.26 Å². The van der Waals surface area contributed by atoms with Crippen LogP contribution in [0.3, 0.4) is 0 Å². The number of carbonyl (C=O) groups excluding carboxylic acids is 5. The number of rotatable bonds is 6. The number of benzene rings is 3. The molecule has 12 nitrogen and oxygen atoms in total. The maximum absolute atomic E-state index is 13.8. The molecule has 1 atom stereocenters. The van der Waals surface area contributed by atoms with Crippen molar-refractivity contribution in [1.29, 1.82) is 5.26 Å². The standard InChI is InChI=1S/C48H49ClN6O6/c1-47(2)45(48(3,4)46(47)61-34-14-10-30(26-50)38(49)25-34)54-27-31-23-29(9-15-35(31)42(54)58)6-5-28-7-11-32(12-8-28)52-19-21-53(22-20-52)33-13-16-36-37(24-33)44(60)55(43(36)59)39-17-18-40(56)51-41(39)57/h9-10,13-16,23-25,28,32,39,45-46H,7-8,11-12,17-22,27H2,1-4H3,(H,51,56,57)/t28?,32?,39?,45-,46-. The second-order valence-electron chi connectivity index (χ2n) is 18.6. The fraction of sp³-hybridized carbons (Fsp3) is 0.458. The van der Waals surface area contributed by atoms with Gasteiger partial charge in [-0.25, -0.2) is 0 Å². The van der Waals surface area contributed by atoms with Gasteiger partial charge in [0.2, 0.25) is 11.8 Å². The van der Waals surface area contributed by atoms with E-state index in [1.54, 1.807) is 30.3 Å². The summed E-state index contributed by atoms with van der Waals surface area (Å²) in [6.45, 7) is 12.5. The number of imide groups is 2. The Balaban J connectivity index is 0.770. The zero-order valence-electron chi connectivity index (χ0n) is 34.9. The monoisotopic (exact) mass is 840 g/mol. The fourth-order valence-electron chi connectivity index (χ4n) is 11.4. The zero-order valence-corrected chi connectivity index (χ0v) is 35.7. The SMILES string of the molecule is CC1(C)[C@H](Oc2ccc(C#N)c(Cl)c2)C(C)(C)[C@H]1N1Cc2cc(C#CC3CCC(N4CCN(c5ccc6c(c5)C(=O)N(C5CCC(=O)NC5=O)C6=O)CC4)CC3)ccc2C1=O. The van der Waals surface area contributed by atoms with Gasteiger partial charge in [0.05, 0.1) is 21.7 Å². The largest absolute Gasteiger partial charge is 0.489 e. The Hall–Kier alpha value is -5.69. The number of piperidine rings is 1. The molecule has 4 heterocycles. The summed E-state index contributed by atoms with van der Waals surface area (Å²) in [5.74, 6) is 5.99. The zero-order chi connectivity index (χ0) is 43.0. The first-order valence-electron chi connectivity index (χ1n) is 21.3. The lowest BCUT2D eigenvalue weighted by Gasteiger charge is -2.65. The number of nitriles is 1. The van der Waals surface area contributed by atoms with Crippen LogP contribution in [-0.4, -0.2) is 94.6 Å². The third kappa shape index (κ3) is 7.04. The molecule has 0 bridgehead atoms. The molecule has 1 N–H and O–H groups in total. The molecule has 2 saturated heterocycles. The van der Waals surface area contributed by atoms with E-state index >= 15 is 0 Å². The third-order valence-electron chi connectivity index (χ3n) is 14.1. The molecule has 61 heavy (non-hydrogen) atoms. The number of hydrogen-bond acceptors (Lipinski definition) is 9. The molecule has 0 spiro atoms.